The summed E-state index contributed by atoms with van der Waals surface area (Å²) in [6, 6.07) is 7.52. The van der Waals surface area contributed by atoms with Crippen LogP contribution < -0.4 is 4.74 Å². The van der Waals surface area contributed by atoms with E-state index >= 15 is 0 Å². The third-order valence-electron chi connectivity index (χ3n) is 3.20. The number of hydrogen-bond donors (Lipinski definition) is 1. The number of carboxylic acids is 1. The zero-order valence-corrected chi connectivity index (χ0v) is 10.6. The largest absolute Gasteiger partial charge is 0.493 e. The standard InChI is InChI=1S/C14H19NO3/c1-15(11-7-8-11)9-4-10-18-13-6-3-2-5-12(13)14(16)17/h2-3,5-6,11H,4,7-10H2,1H3,(H,16,17). The van der Waals surface area contributed by atoms with Crippen LogP contribution in [0, 0.1) is 0 Å². The molecule has 0 unspecified atom stereocenters. The van der Waals surface area contributed by atoms with Gasteiger partial charge in [-0.3, -0.25) is 0 Å². The van der Waals surface area contributed by atoms with Crippen LogP contribution in [0.2, 0.25) is 0 Å². The van der Waals surface area contributed by atoms with Gasteiger partial charge in [0.1, 0.15) is 11.3 Å². The van der Waals surface area contributed by atoms with E-state index in [0.717, 1.165) is 19.0 Å². The fourth-order valence-corrected chi connectivity index (χ4v) is 1.96. The Kier molecular flexibility index (Phi) is 4.20. The van der Waals surface area contributed by atoms with Gasteiger partial charge >= 0.3 is 5.97 Å². The summed E-state index contributed by atoms with van der Waals surface area (Å²) >= 11 is 0. The molecule has 2 rings (SSSR count). The number of ether oxygens (including phenoxy) is 1. The fraction of sp³-hybridized carbons (Fsp3) is 0.500. The molecule has 4 nitrogen and oxygen atoms in total. The summed E-state index contributed by atoms with van der Waals surface area (Å²) in [7, 11) is 2.13. The molecule has 1 aliphatic carbocycles. The second-order valence-electron chi connectivity index (χ2n) is 4.72. The fourth-order valence-electron chi connectivity index (χ4n) is 1.96. The van der Waals surface area contributed by atoms with Crippen LogP contribution in [0.5, 0.6) is 5.75 Å². The molecule has 0 bridgehead atoms. The summed E-state index contributed by atoms with van der Waals surface area (Å²) in [6.45, 7) is 1.56. The van der Waals surface area contributed by atoms with Crippen molar-refractivity contribution < 1.29 is 14.6 Å². The van der Waals surface area contributed by atoms with Crippen molar-refractivity contribution in [1.29, 1.82) is 0 Å². The molecule has 0 saturated heterocycles. The number of para-hydroxylation sites is 1. The predicted octanol–water partition coefficient (Wildman–Crippen LogP) is 2.25. The van der Waals surface area contributed by atoms with Crippen molar-refractivity contribution in [3.05, 3.63) is 29.8 Å². The first-order chi connectivity index (χ1) is 8.68. The zero-order chi connectivity index (χ0) is 13.0. The second-order valence-corrected chi connectivity index (χ2v) is 4.72. The molecule has 1 fully saturated rings. The van der Waals surface area contributed by atoms with Crippen molar-refractivity contribution >= 4 is 5.97 Å². The van der Waals surface area contributed by atoms with Gasteiger partial charge < -0.3 is 14.7 Å². The maximum Gasteiger partial charge on any atom is 0.339 e. The summed E-state index contributed by atoms with van der Waals surface area (Å²) in [5.74, 6) is -0.486. The molecule has 98 valence electrons. The van der Waals surface area contributed by atoms with Crippen molar-refractivity contribution in [2.75, 3.05) is 20.2 Å². The summed E-state index contributed by atoms with van der Waals surface area (Å²) in [4.78, 5) is 13.3. The van der Waals surface area contributed by atoms with Crippen molar-refractivity contribution in [3.63, 3.8) is 0 Å². The van der Waals surface area contributed by atoms with Gasteiger partial charge in [0.05, 0.1) is 6.61 Å². The molecule has 1 aliphatic rings. The number of rotatable bonds is 7. The van der Waals surface area contributed by atoms with Gasteiger partial charge in [0.2, 0.25) is 0 Å². The Morgan fingerprint density at radius 3 is 2.83 bits per heavy atom. The van der Waals surface area contributed by atoms with Gasteiger partial charge in [-0.05, 0) is 38.4 Å². The molecule has 0 radical (unpaired) electrons. The van der Waals surface area contributed by atoms with E-state index in [4.69, 9.17) is 9.84 Å². The Morgan fingerprint density at radius 1 is 1.44 bits per heavy atom. The van der Waals surface area contributed by atoms with Gasteiger partial charge in [-0.15, -0.1) is 0 Å². The number of benzene rings is 1. The van der Waals surface area contributed by atoms with E-state index in [0.29, 0.717) is 12.4 Å². The molecule has 0 amide bonds. The van der Waals surface area contributed by atoms with Crippen LogP contribution in [0.3, 0.4) is 0 Å². The van der Waals surface area contributed by atoms with E-state index in [9.17, 15) is 4.79 Å². The Balaban J connectivity index is 1.77. The minimum Gasteiger partial charge on any atom is -0.493 e. The van der Waals surface area contributed by atoms with Crippen molar-refractivity contribution in [1.82, 2.24) is 4.90 Å². The molecular formula is C14H19NO3. The molecule has 0 aromatic heterocycles. The summed E-state index contributed by atoms with van der Waals surface area (Å²) in [5.41, 5.74) is 0.230. The highest BCUT2D eigenvalue weighted by Gasteiger charge is 2.25. The molecule has 0 atom stereocenters. The lowest BCUT2D eigenvalue weighted by Gasteiger charge is -2.15. The highest BCUT2D eigenvalue weighted by molar-refractivity contribution is 5.90. The second kappa shape index (κ2) is 5.87. The van der Waals surface area contributed by atoms with Gasteiger partial charge in [-0.25, -0.2) is 4.79 Å². The Bertz CT molecular complexity index is 415. The molecule has 0 aliphatic heterocycles. The van der Waals surface area contributed by atoms with E-state index in [-0.39, 0.29) is 5.56 Å². The molecule has 1 saturated carbocycles. The van der Waals surface area contributed by atoms with Crippen molar-refractivity contribution in [2.45, 2.75) is 25.3 Å². The summed E-state index contributed by atoms with van der Waals surface area (Å²) in [5, 5.41) is 9.00. The van der Waals surface area contributed by atoms with Gasteiger partial charge in [-0.2, -0.15) is 0 Å². The quantitative estimate of drug-likeness (QED) is 0.753. The third-order valence-corrected chi connectivity index (χ3v) is 3.20. The lowest BCUT2D eigenvalue weighted by Crippen LogP contribution is -2.23. The zero-order valence-electron chi connectivity index (χ0n) is 10.6. The molecule has 18 heavy (non-hydrogen) atoms. The van der Waals surface area contributed by atoms with Gasteiger partial charge in [0, 0.05) is 12.6 Å². The minimum absolute atomic E-state index is 0.230. The van der Waals surface area contributed by atoms with Crippen LogP contribution in [-0.4, -0.2) is 42.2 Å². The predicted molar refractivity (Wildman–Crippen MR) is 69.2 cm³/mol. The van der Waals surface area contributed by atoms with Crippen molar-refractivity contribution in [2.24, 2.45) is 0 Å². The monoisotopic (exact) mass is 249 g/mol. The van der Waals surface area contributed by atoms with E-state index in [1.807, 2.05) is 0 Å². The maximum atomic E-state index is 11.0. The van der Waals surface area contributed by atoms with Gasteiger partial charge in [-0.1, -0.05) is 12.1 Å². The third kappa shape index (κ3) is 3.47. The Morgan fingerprint density at radius 2 is 2.17 bits per heavy atom. The minimum atomic E-state index is -0.944. The summed E-state index contributed by atoms with van der Waals surface area (Å²) < 4.78 is 5.54. The van der Waals surface area contributed by atoms with Crippen LogP contribution in [0.1, 0.15) is 29.6 Å². The summed E-state index contributed by atoms with van der Waals surface area (Å²) in [6.07, 6.45) is 3.53. The number of nitrogens with zero attached hydrogens (tertiary/aromatic N) is 1. The first kappa shape index (κ1) is 12.9. The Labute approximate surface area is 107 Å². The van der Waals surface area contributed by atoms with Crippen LogP contribution in [-0.2, 0) is 0 Å². The SMILES string of the molecule is CN(CCCOc1ccccc1C(=O)O)C1CC1. The topological polar surface area (TPSA) is 49.8 Å². The first-order valence-corrected chi connectivity index (χ1v) is 6.34. The average molecular weight is 249 g/mol. The van der Waals surface area contributed by atoms with Crippen LogP contribution in [0.15, 0.2) is 24.3 Å². The molecule has 1 aromatic rings. The molecule has 0 spiro atoms. The molecule has 1 aromatic carbocycles. The normalized spacial score (nSPS) is 14.8. The van der Waals surface area contributed by atoms with Gasteiger partial charge in [0.25, 0.3) is 0 Å². The van der Waals surface area contributed by atoms with Crippen LogP contribution >= 0.6 is 0 Å². The highest BCUT2D eigenvalue weighted by Crippen LogP contribution is 2.25. The van der Waals surface area contributed by atoms with Crippen LogP contribution in [0.4, 0.5) is 0 Å². The van der Waals surface area contributed by atoms with E-state index in [2.05, 4.69) is 11.9 Å². The maximum absolute atomic E-state index is 11.0. The van der Waals surface area contributed by atoms with Crippen LogP contribution in [0.25, 0.3) is 0 Å². The van der Waals surface area contributed by atoms with E-state index in [1.54, 1.807) is 24.3 Å². The Hall–Kier alpha value is -1.55. The molecule has 4 heteroatoms. The van der Waals surface area contributed by atoms with E-state index < -0.39 is 5.97 Å². The van der Waals surface area contributed by atoms with Gasteiger partial charge in [0.15, 0.2) is 0 Å². The number of aromatic carboxylic acids is 1. The smallest absolute Gasteiger partial charge is 0.339 e. The number of hydrogen-bond acceptors (Lipinski definition) is 3. The van der Waals surface area contributed by atoms with E-state index in [1.165, 1.54) is 12.8 Å². The molecule has 1 N–H and O–H groups in total. The highest BCUT2D eigenvalue weighted by atomic mass is 16.5. The average Bonchev–Trinajstić information content (AvgIpc) is 3.19. The lowest BCUT2D eigenvalue weighted by molar-refractivity contribution is 0.0692. The van der Waals surface area contributed by atoms with Crippen molar-refractivity contribution in [3.8, 4) is 5.75 Å². The molecule has 0 heterocycles. The molecular weight excluding hydrogens is 230 g/mol. The number of carboxylic acid groups (broad SMARTS) is 1. The first-order valence-electron chi connectivity index (χ1n) is 6.34. The lowest BCUT2D eigenvalue weighted by atomic mass is 10.2. The number of carbonyl (C=O) groups is 1.